The molecule has 0 saturated heterocycles. The number of nitrogens with zero attached hydrogens (tertiary/aromatic N) is 5. The molecule has 3 rings (SSSR count). The summed E-state index contributed by atoms with van der Waals surface area (Å²) >= 11 is 0. The van der Waals surface area contributed by atoms with E-state index in [-0.39, 0.29) is 0 Å². The Bertz CT molecular complexity index is 805. The second kappa shape index (κ2) is 6.34. The first kappa shape index (κ1) is 15.4. The molecular formula is C17H21N5O. The SMILES string of the molecule is Cc1cc(C)n(-c2cccc(CN(C)Cc3nc(C)no3)c2)n1. The smallest absolute Gasteiger partial charge is 0.240 e. The quantitative estimate of drug-likeness (QED) is 0.725. The third kappa shape index (κ3) is 3.65. The van der Waals surface area contributed by atoms with Crippen LogP contribution >= 0.6 is 0 Å². The van der Waals surface area contributed by atoms with Crippen LogP contribution in [0.5, 0.6) is 0 Å². The molecule has 6 heteroatoms. The van der Waals surface area contributed by atoms with E-state index in [2.05, 4.69) is 57.4 Å². The Balaban J connectivity index is 1.73. The first-order valence-electron chi connectivity index (χ1n) is 7.61. The van der Waals surface area contributed by atoms with Crippen molar-refractivity contribution in [1.82, 2.24) is 24.8 Å². The van der Waals surface area contributed by atoms with E-state index in [1.807, 2.05) is 25.6 Å². The Morgan fingerprint density at radius 3 is 2.61 bits per heavy atom. The fourth-order valence-electron chi connectivity index (χ4n) is 2.68. The molecule has 120 valence electrons. The van der Waals surface area contributed by atoms with E-state index in [1.54, 1.807) is 0 Å². The van der Waals surface area contributed by atoms with Crippen molar-refractivity contribution in [2.75, 3.05) is 7.05 Å². The Morgan fingerprint density at radius 2 is 1.96 bits per heavy atom. The van der Waals surface area contributed by atoms with Gasteiger partial charge in [0.05, 0.1) is 17.9 Å². The molecule has 0 aliphatic heterocycles. The van der Waals surface area contributed by atoms with Gasteiger partial charge in [-0.05, 0) is 51.6 Å². The van der Waals surface area contributed by atoms with E-state index in [0.29, 0.717) is 18.3 Å². The summed E-state index contributed by atoms with van der Waals surface area (Å²) in [5.74, 6) is 1.31. The minimum absolute atomic E-state index is 0.630. The maximum absolute atomic E-state index is 5.17. The molecule has 0 saturated carbocycles. The number of aromatic nitrogens is 4. The molecule has 3 aromatic rings. The lowest BCUT2D eigenvalue weighted by molar-refractivity contribution is 0.260. The van der Waals surface area contributed by atoms with E-state index in [9.17, 15) is 0 Å². The lowest BCUT2D eigenvalue weighted by Gasteiger charge is -2.15. The standard InChI is InChI=1S/C17H21N5O/c1-12-8-13(2)22(19-12)16-7-5-6-15(9-16)10-21(4)11-17-18-14(3)20-23-17/h5-9H,10-11H2,1-4H3. The van der Waals surface area contributed by atoms with Gasteiger partial charge in [-0.2, -0.15) is 10.1 Å². The molecule has 23 heavy (non-hydrogen) atoms. The summed E-state index contributed by atoms with van der Waals surface area (Å²) < 4.78 is 7.14. The van der Waals surface area contributed by atoms with E-state index in [1.165, 1.54) is 5.56 Å². The molecule has 0 aliphatic carbocycles. The highest BCUT2D eigenvalue weighted by Gasteiger charge is 2.09. The zero-order valence-electron chi connectivity index (χ0n) is 13.9. The maximum atomic E-state index is 5.17. The Labute approximate surface area is 135 Å². The van der Waals surface area contributed by atoms with Gasteiger partial charge in [-0.25, -0.2) is 4.68 Å². The molecule has 0 aliphatic rings. The van der Waals surface area contributed by atoms with Crippen molar-refractivity contribution in [1.29, 1.82) is 0 Å². The maximum Gasteiger partial charge on any atom is 0.240 e. The van der Waals surface area contributed by atoms with Gasteiger partial charge < -0.3 is 4.52 Å². The molecule has 0 radical (unpaired) electrons. The molecule has 0 amide bonds. The molecule has 0 fully saturated rings. The monoisotopic (exact) mass is 311 g/mol. The van der Waals surface area contributed by atoms with Crippen molar-refractivity contribution in [2.45, 2.75) is 33.9 Å². The fourth-order valence-corrected chi connectivity index (χ4v) is 2.68. The summed E-state index contributed by atoms with van der Waals surface area (Å²) in [5, 5.41) is 8.36. The fraction of sp³-hybridized carbons (Fsp3) is 0.353. The highest BCUT2D eigenvalue weighted by Crippen LogP contribution is 2.15. The van der Waals surface area contributed by atoms with E-state index in [0.717, 1.165) is 23.6 Å². The van der Waals surface area contributed by atoms with Crippen LogP contribution in [0.25, 0.3) is 5.69 Å². The van der Waals surface area contributed by atoms with Gasteiger partial charge in [0.1, 0.15) is 0 Å². The van der Waals surface area contributed by atoms with E-state index >= 15 is 0 Å². The van der Waals surface area contributed by atoms with Crippen LogP contribution in [0.15, 0.2) is 34.9 Å². The predicted octanol–water partition coefficient (Wildman–Crippen LogP) is 2.81. The number of benzene rings is 1. The van der Waals surface area contributed by atoms with Crippen LogP contribution < -0.4 is 0 Å². The van der Waals surface area contributed by atoms with Crippen molar-refractivity contribution in [3.05, 3.63) is 59.0 Å². The van der Waals surface area contributed by atoms with Gasteiger partial charge in [-0.3, -0.25) is 4.90 Å². The summed E-state index contributed by atoms with van der Waals surface area (Å²) in [6, 6.07) is 10.5. The van der Waals surface area contributed by atoms with Crippen LogP contribution in [0.2, 0.25) is 0 Å². The zero-order valence-corrected chi connectivity index (χ0v) is 13.9. The normalized spacial score (nSPS) is 11.3. The summed E-state index contributed by atoms with van der Waals surface area (Å²) in [4.78, 5) is 6.38. The molecule has 0 unspecified atom stereocenters. The number of rotatable bonds is 5. The minimum atomic E-state index is 0.630. The van der Waals surface area contributed by atoms with Crippen molar-refractivity contribution in [3.63, 3.8) is 0 Å². The summed E-state index contributed by atoms with van der Waals surface area (Å²) in [5.41, 5.74) is 4.45. The van der Waals surface area contributed by atoms with Crippen molar-refractivity contribution in [2.24, 2.45) is 0 Å². The second-order valence-corrected chi connectivity index (χ2v) is 5.92. The Hall–Kier alpha value is -2.47. The van der Waals surface area contributed by atoms with Crippen LogP contribution in [0.3, 0.4) is 0 Å². The highest BCUT2D eigenvalue weighted by atomic mass is 16.5. The first-order valence-corrected chi connectivity index (χ1v) is 7.61. The van der Waals surface area contributed by atoms with E-state index in [4.69, 9.17) is 4.52 Å². The molecule has 1 aromatic carbocycles. The van der Waals surface area contributed by atoms with Gasteiger partial charge in [0.15, 0.2) is 5.82 Å². The first-order chi connectivity index (χ1) is 11.0. The highest BCUT2D eigenvalue weighted by molar-refractivity contribution is 5.37. The molecule has 6 nitrogen and oxygen atoms in total. The van der Waals surface area contributed by atoms with Crippen molar-refractivity contribution < 1.29 is 4.52 Å². The van der Waals surface area contributed by atoms with Gasteiger partial charge in [0, 0.05) is 12.2 Å². The van der Waals surface area contributed by atoms with Gasteiger partial charge in [-0.1, -0.05) is 17.3 Å². The average molecular weight is 311 g/mol. The summed E-state index contributed by atoms with van der Waals surface area (Å²) in [6.45, 7) is 7.33. The predicted molar refractivity (Wildman–Crippen MR) is 87.2 cm³/mol. The van der Waals surface area contributed by atoms with Gasteiger partial charge in [-0.15, -0.1) is 0 Å². The average Bonchev–Trinajstić information content (AvgIpc) is 3.04. The van der Waals surface area contributed by atoms with Gasteiger partial charge in [0.2, 0.25) is 5.89 Å². The van der Waals surface area contributed by atoms with Crippen LogP contribution in [0.1, 0.15) is 28.7 Å². The van der Waals surface area contributed by atoms with Gasteiger partial charge in [0.25, 0.3) is 0 Å². The Morgan fingerprint density at radius 1 is 1.13 bits per heavy atom. The molecular weight excluding hydrogens is 290 g/mol. The van der Waals surface area contributed by atoms with Crippen LogP contribution in [0, 0.1) is 20.8 Å². The Kier molecular flexibility index (Phi) is 4.25. The molecule has 0 spiro atoms. The van der Waals surface area contributed by atoms with Crippen LogP contribution in [-0.2, 0) is 13.1 Å². The van der Waals surface area contributed by atoms with Crippen LogP contribution in [-0.4, -0.2) is 31.9 Å². The topological polar surface area (TPSA) is 60.0 Å². The van der Waals surface area contributed by atoms with Crippen LogP contribution in [0.4, 0.5) is 0 Å². The molecule has 2 heterocycles. The van der Waals surface area contributed by atoms with Crippen molar-refractivity contribution >= 4 is 0 Å². The molecule has 0 N–H and O–H groups in total. The van der Waals surface area contributed by atoms with Crippen molar-refractivity contribution in [3.8, 4) is 5.69 Å². The van der Waals surface area contributed by atoms with Gasteiger partial charge >= 0.3 is 0 Å². The lowest BCUT2D eigenvalue weighted by atomic mass is 10.2. The third-order valence-corrected chi connectivity index (χ3v) is 3.59. The largest absolute Gasteiger partial charge is 0.338 e. The summed E-state index contributed by atoms with van der Waals surface area (Å²) in [6.07, 6.45) is 0. The molecule has 0 atom stereocenters. The lowest BCUT2D eigenvalue weighted by Crippen LogP contribution is -2.17. The zero-order chi connectivity index (χ0) is 16.4. The number of hydrogen-bond acceptors (Lipinski definition) is 5. The third-order valence-electron chi connectivity index (χ3n) is 3.59. The number of hydrogen-bond donors (Lipinski definition) is 0. The molecule has 0 bridgehead atoms. The summed E-state index contributed by atoms with van der Waals surface area (Å²) in [7, 11) is 2.04. The minimum Gasteiger partial charge on any atom is -0.338 e. The van der Waals surface area contributed by atoms with E-state index < -0.39 is 0 Å². The number of aryl methyl sites for hydroxylation is 3. The second-order valence-electron chi connectivity index (χ2n) is 5.92. The molecule has 2 aromatic heterocycles.